The summed E-state index contributed by atoms with van der Waals surface area (Å²) in [5.74, 6) is -0.667. The van der Waals surface area contributed by atoms with E-state index in [9.17, 15) is 13.6 Å². The molecule has 0 saturated heterocycles. The molecule has 0 saturated carbocycles. The van der Waals surface area contributed by atoms with Crippen LogP contribution in [-0.4, -0.2) is 27.4 Å². The van der Waals surface area contributed by atoms with Gasteiger partial charge in [0.2, 0.25) is 0 Å². The van der Waals surface area contributed by atoms with Crippen molar-refractivity contribution in [3.05, 3.63) is 70.5 Å². The quantitative estimate of drug-likeness (QED) is 0.473. The van der Waals surface area contributed by atoms with E-state index in [0.717, 1.165) is 16.3 Å². The number of halogens is 2. The molecule has 0 bridgehead atoms. The molecule has 2 aromatic carbocycles. The highest BCUT2D eigenvalue weighted by molar-refractivity contribution is 7.13. The molecular formula is C21H18F2N4OS. The lowest BCUT2D eigenvalue weighted by Crippen LogP contribution is -2.25. The number of aromatic nitrogens is 3. The Hall–Kier alpha value is -3.13. The van der Waals surface area contributed by atoms with Gasteiger partial charge < -0.3 is 10.3 Å². The topological polar surface area (TPSA) is 70.7 Å². The van der Waals surface area contributed by atoms with Gasteiger partial charge in [0.05, 0.1) is 16.7 Å². The summed E-state index contributed by atoms with van der Waals surface area (Å²) >= 11 is 1.57. The van der Waals surface area contributed by atoms with E-state index >= 15 is 0 Å². The number of fused-ring (bicyclic) bond motifs is 1. The number of hydrogen-bond acceptors (Lipinski definition) is 4. The van der Waals surface area contributed by atoms with Gasteiger partial charge in [0.15, 0.2) is 5.82 Å². The van der Waals surface area contributed by atoms with Crippen LogP contribution in [-0.2, 0) is 6.42 Å². The lowest BCUT2D eigenvalue weighted by atomic mass is 10.1. The van der Waals surface area contributed by atoms with Gasteiger partial charge in [-0.1, -0.05) is 29.8 Å². The van der Waals surface area contributed by atoms with E-state index in [0.29, 0.717) is 29.6 Å². The monoisotopic (exact) mass is 412 g/mol. The minimum absolute atomic E-state index is 0.269. The molecule has 8 heteroatoms. The molecule has 0 unspecified atom stereocenters. The summed E-state index contributed by atoms with van der Waals surface area (Å²) in [7, 11) is 0. The second-order valence-electron chi connectivity index (χ2n) is 6.67. The van der Waals surface area contributed by atoms with Crippen LogP contribution in [0.3, 0.4) is 0 Å². The molecule has 1 amide bonds. The van der Waals surface area contributed by atoms with E-state index in [2.05, 4.69) is 32.4 Å². The molecule has 0 atom stereocenters. The van der Waals surface area contributed by atoms with Crippen LogP contribution < -0.4 is 5.32 Å². The summed E-state index contributed by atoms with van der Waals surface area (Å²) in [6, 6.07) is 12.9. The highest BCUT2D eigenvalue weighted by Gasteiger charge is 2.14. The molecule has 0 radical (unpaired) electrons. The molecule has 2 aromatic heterocycles. The SMILES string of the molecule is Cc1ccc(-c2nc(CCNC(=O)c3ccc4nc(C(F)F)[nH]c4c3)cs2)cc1. The molecule has 0 aliphatic carbocycles. The lowest BCUT2D eigenvalue weighted by molar-refractivity contribution is 0.0954. The first-order chi connectivity index (χ1) is 14.0. The van der Waals surface area contributed by atoms with Crippen molar-refractivity contribution in [3.8, 4) is 10.6 Å². The van der Waals surface area contributed by atoms with Gasteiger partial charge >= 0.3 is 0 Å². The summed E-state index contributed by atoms with van der Waals surface area (Å²) in [4.78, 5) is 23.3. The number of nitrogens with one attached hydrogen (secondary N) is 2. The number of alkyl halides is 2. The number of aromatic amines is 1. The average Bonchev–Trinajstić information content (AvgIpc) is 3.35. The first kappa shape index (κ1) is 19.2. The third-order valence-electron chi connectivity index (χ3n) is 4.49. The van der Waals surface area contributed by atoms with Crippen molar-refractivity contribution in [2.24, 2.45) is 0 Å². The zero-order valence-electron chi connectivity index (χ0n) is 15.6. The Labute approximate surface area is 169 Å². The van der Waals surface area contributed by atoms with Gasteiger partial charge in [0.1, 0.15) is 5.01 Å². The molecule has 29 heavy (non-hydrogen) atoms. The highest BCUT2D eigenvalue weighted by Crippen LogP contribution is 2.24. The summed E-state index contributed by atoms with van der Waals surface area (Å²) in [5, 5.41) is 5.78. The maximum atomic E-state index is 12.7. The van der Waals surface area contributed by atoms with Crippen LogP contribution >= 0.6 is 11.3 Å². The summed E-state index contributed by atoms with van der Waals surface area (Å²) in [6.45, 7) is 2.47. The molecule has 0 aliphatic rings. The van der Waals surface area contributed by atoms with Crippen LogP contribution in [0, 0.1) is 6.92 Å². The van der Waals surface area contributed by atoms with E-state index in [-0.39, 0.29) is 5.91 Å². The fourth-order valence-electron chi connectivity index (χ4n) is 2.93. The number of amides is 1. The molecule has 4 aromatic rings. The van der Waals surface area contributed by atoms with E-state index in [4.69, 9.17) is 0 Å². The first-order valence-electron chi connectivity index (χ1n) is 9.07. The Morgan fingerprint density at radius 2 is 1.97 bits per heavy atom. The van der Waals surface area contributed by atoms with Crippen LogP contribution in [0.5, 0.6) is 0 Å². The molecule has 0 fully saturated rings. The molecule has 0 spiro atoms. The molecular weight excluding hydrogens is 394 g/mol. The molecule has 2 N–H and O–H groups in total. The fourth-order valence-corrected chi connectivity index (χ4v) is 3.79. The first-order valence-corrected chi connectivity index (χ1v) is 9.95. The lowest BCUT2D eigenvalue weighted by Gasteiger charge is -2.04. The van der Waals surface area contributed by atoms with Gasteiger partial charge in [-0.25, -0.2) is 18.7 Å². The Morgan fingerprint density at radius 3 is 2.72 bits per heavy atom. The molecule has 2 heterocycles. The van der Waals surface area contributed by atoms with Crippen LogP contribution in [0.15, 0.2) is 47.8 Å². The number of carbonyl (C=O) groups excluding carboxylic acids is 1. The van der Waals surface area contributed by atoms with E-state index in [1.54, 1.807) is 23.5 Å². The largest absolute Gasteiger partial charge is 0.352 e. The minimum atomic E-state index is -2.68. The van der Waals surface area contributed by atoms with Crippen LogP contribution in [0.1, 0.15) is 33.9 Å². The third-order valence-corrected chi connectivity index (χ3v) is 5.43. The van der Waals surface area contributed by atoms with Crippen LogP contribution in [0.25, 0.3) is 21.6 Å². The second-order valence-corrected chi connectivity index (χ2v) is 7.53. The van der Waals surface area contributed by atoms with E-state index in [1.807, 2.05) is 24.4 Å². The number of thiazole rings is 1. The Kier molecular flexibility index (Phi) is 5.35. The van der Waals surface area contributed by atoms with Crippen LogP contribution in [0.2, 0.25) is 0 Å². The molecule has 5 nitrogen and oxygen atoms in total. The number of nitrogens with zero attached hydrogens (tertiary/aromatic N) is 2. The number of rotatable bonds is 6. The maximum Gasteiger partial charge on any atom is 0.295 e. The normalized spacial score (nSPS) is 11.3. The van der Waals surface area contributed by atoms with Gasteiger partial charge in [-0.2, -0.15) is 0 Å². The van der Waals surface area contributed by atoms with Crippen molar-refractivity contribution in [1.82, 2.24) is 20.3 Å². The zero-order chi connectivity index (χ0) is 20.4. The van der Waals surface area contributed by atoms with Crippen molar-refractivity contribution in [3.63, 3.8) is 0 Å². The number of hydrogen-bond donors (Lipinski definition) is 2. The Balaban J connectivity index is 1.36. The van der Waals surface area contributed by atoms with E-state index < -0.39 is 12.2 Å². The van der Waals surface area contributed by atoms with Crippen molar-refractivity contribution in [2.45, 2.75) is 19.8 Å². The fraction of sp³-hybridized carbons (Fsp3) is 0.190. The van der Waals surface area contributed by atoms with Gasteiger partial charge in [-0.3, -0.25) is 4.79 Å². The molecule has 4 rings (SSSR count). The average molecular weight is 412 g/mol. The molecule has 0 aliphatic heterocycles. The van der Waals surface area contributed by atoms with E-state index in [1.165, 1.54) is 11.6 Å². The summed E-state index contributed by atoms with van der Waals surface area (Å²) < 4.78 is 25.5. The predicted molar refractivity (Wildman–Crippen MR) is 109 cm³/mol. The Bertz CT molecular complexity index is 1150. The van der Waals surface area contributed by atoms with Crippen molar-refractivity contribution in [2.75, 3.05) is 6.54 Å². The standard InChI is InChI=1S/C21H18F2N4OS/c1-12-2-4-13(5-3-12)21-25-15(11-29-21)8-9-24-20(28)14-6-7-16-17(10-14)27-19(26-16)18(22)23/h2-7,10-11,18H,8-9H2,1H3,(H,24,28)(H,26,27). The van der Waals surface area contributed by atoms with Gasteiger partial charge in [-0.05, 0) is 25.1 Å². The highest BCUT2D eigenvalue weighted by atomic mass is 32.1. The second kappa shape index (κ2) is 8.08. The Morgan fingerprint density at radius 1 is 1.17 bits per heavy atom. The number of imidazole rings is 1. The number of H-pyrrole nitrogens is 1. The predicted octanol–water partition coefficient (Wildman–Crippen LogP) is 4.90. The third kappa shape index (κ3) is 4.32. The van der Waals surface area contributed by atoms with Crippen molar-refractivity contribution in [1.29, 1.82) is 0 Å². The summed E-state index contributed by atoms with van der Waals surface area (Å²) in [6.07, 6.45) is -2.07. The maximum absolute atomic E-state index is 12.7. The van der Waals surface area contributed by atoms with Gasteiger partial charge in [0, 0.05) is 29.5 Å². The van der Waals surface area contributed by atoms with Gasteiger partial charge in [-0.15, -0.1) is 11.3 Å². The van der Waals surface area contributed by atoms with Gasteiger partial charge in [0.25, 0.3) is 12.3 Å². The molecule has 148 valence electrons. The number of carbonyl (C=O) groups is 1. The van der Waals surface area contributed by atoms with Crippen LogP contribution in [0.4, 0.5) is 8.78 Å². The van der Waals surface area contributed by atoms with Crippen molar-refractivity contribution < 1.29 is 13.6 Å². The summed E-state index contributed by atoms with van der Waals surface area (Å²) in [5.41, 5.74) is 4.40. The minimum Gasteiger partial charge on any atom is -0.352 e. The number of benzene rings is 2. The van der Waals surface area contributed by atoms with Crippen molar-refractivity contribution >= 4 is 28.3 Å². The smallest absolute Gasteiger partial charge is 0.295 e. The number of aryl methyl sites for hydroxylation is 1. The zero-order valence-corrected chi connectivity index (χ0v) is 16.4.